The SMILES string of the molecule is CCCCCNC(=O)CCc1cccc(N)c1. The number of rotatable bonds is 7. The highest BCUT2D eigenvalue weighted by Crippen LogP contribution is 2.08. The Kier molecular flexibility index (Phi) is 6.15. The zero-order valence-corrected chi connectivity index (χ0v) is 10.5. The van der Waals surface area contributed by atoms with Crippen LogP contribution in [0, 0.1) is 0 Å². The molecule has 0 unspecified atom stereocenters. The first-order valence-corrected chi connectivity index (χ1v) is 6.33. The van der Waals surface area contributed by atoms with Gasteiger partial charge in [0.05, 0.1) is 0 Å². The Morgan fingerprint density at radius 3 is 2.88 bits per heavy atom. The highest BCUT2D eigenvalue weighted by atomic mass is 16.1. The summed E-state index contributed by atoms with van der Waals surface area (Å²) in [6.07, 6.45) is 4.72. The van der Waals surface area contributed by atoms with Crippen molar-refractivity contribution in [2.75, 3.05) is 12.3 Å². The van der Waals surface area contributed by atoms with Crippen molar-refractivity contribution >= 4 is 11.6 Å². The number of amides is 1. The lowest BCUT2D eigenvalue weighted by molar-refractivity contribution is -0.121. The zero-order chi connectivity index (χ0) is 12.5. The molecule has 1 aromatic rings. The Bertz CT molecular complexity index is 350. The fraction of sp³-hybridized carbons (Fsp3) is 0.500. The molecule has 94 valence electrons. The largest absolute Gasteiger partial charge is 0.399 e. The molecule has 0 saturated heterocycles. The van der Waals surface area contributed by atoms with E-state index in [-0.39, 0.29) is 5.91 Å². The molecule has 0 saturated carbocycles. The molecule has 0 aliphatic heterocycles. The van der Waals surface area contributed by atoms with Gasteiger partial charge in [0.2, 0.25) is 5.91 Å². The van der Waals surface area contributed by atoms with Crippen molar-refractivity contribution in [2.24, 2.45) is 0 Å². The third-order valence-corrected chi connectivity index (χ3v) is 2.69. The number of nitrogens with one attached hydrogen (secondary N) is 1. The van der Waals surface area contributed by atoms with E-state index in [2.05, 4.69) is 12.2 Å². The second kappa shape index (κ2) is 7.71. The van der Waals surface area contributed by atoms with Gasteiger partial charge in [-0.2, -0.15) is 0 Å². The first kappa shape index (κ1) is 13.6. The van der Waals surface area contributed by atoms with Crippen LogP contribution in [0.15, 0.2) is 24.3 Å². The molecular formula is C14H22N2O. The number of nitrogens with two attached hydrogens (primary N) is 1. The number of unbranched alkanes of at least 4 members (excludes halogenated alkanes) is 2. The lowest BCUT2D eigenvalue weighted by Crippen LogP contribution is -2.24. The second-order valence-corrected chi connectivity index (χ2v) is 4.30. The highest BCUT2D eigenvalue weighted by Gasteiger charge is 2.01. The predicted molar refractivity (Wildman–Crippen MR) is 71.7 cm³/mol. The van der Waals surface area contributed by atoms with E-state index in [0.717, 1.165) is 30.6 Å². The third-order valence-electron chi connectivity index (χ3n) is 2.69. The quantitative estimate of drug-likeness (QED) is 0.562. The molecular weight excluding hydrogens is 212 g/mol. The summed E-state index contributed by atoms with van der Waals surface area (Å²) in [4.78, 5) is 11.5. The number of nitrogen functional groups attached to an aromatic ring is 1. The number of carbonyl (C=O) groups excluding carboxylic acids is 1. The normalized spacial score (nSPS) is 10.2. The molecule has 1 amide bonds. The number of hydrogen-bond donors (Lipinski definition) is 2. The van der Waals surface area contributed by atoms with Crippen LogP contribution in [-0.2, 0) is 11.2 Å². The van der Waals surface area contributed by atoms with Gasteiger partial charge in [0.15, 0.2) is 0 Å². The van der Waals surface area contributed by atoms with Gasteiger partial charge in [0.1, 0.15) is 0 Å². The summed E-state index contributed by atoms with van der Waals surface area (Å²) in [5, 5.41) is 2.93. The maximum atomic E-state index is 11.5. The van der Waals surface area contributed by atoms with Crippen LogP contribution in [0.4, 0.5) is 5.69 Å². The summed E-state index contributed by atoms with van der Waals surface area (Å²) < 4.78 is 0. The van der Waals surface area contributed by atoms with Crippen molar-refractivity contribution in [3.8, 4) is 0 Å². The molecule has 0 radical (unpaired) electrons. The molecule has 1 rings (SSSR count). The van der Waals surface area contributed by atoms with E-state index in [9.17, 15) is 4.79 Å². The van der Waals surface area contributed by atoms with E-state index in [0.29, 0.717) is 6.42 Å². The fourth-order valence-corrected chi connectivity index (χ4v) is 1.70. The monoisotopic (exact) mass is 234 g/mol. The molecule has 0 atom stereocenters. The first-order chi connectivity index (χ1) is 8.22. The topological polar surface area (TPSA) is 55.1 Å². The van der Waals surface area contributed by atoms with Crippen LogP contribution < -0.4 is 11.1 Å². The van der Waals surface area contributed by atoms with Gasteiger partial charge in [-0.15, -0.1) is 0 Å². The van der Waals surface area contributed by atoms with E-state index >= 15 is 0 Å². The molecule has 3 nitrogen and oxygen atoms in total. The van der Waals surface area contributed by atoms with Crippen molar-refractivity contribution in [3.05, 3.63) is 29.8 Å². The van der Waals surface area contributed by atoms with Crippen LogP contribution in [0.5, 0.6) is 0 Å². The van der Waals surface area contributed by atoms with Crippen molar-refractivity contribution in [3.63, 3.8) is 0 Å². The minimum Gasteiger partial charge on any atom is -0.399 e. The van der Waals surface area contributed by atoms with Crippen molar-refractivity contribution < 1.29 is 4.79 Å². The molecule has 3 heteroatoms. The summed E-state index contributed by atoms with van der Waals surface area (Å²) in [5.74, 6) is 0.128. The van der Waals surface area contributed by atoms with Gasteiger partial charge in [-0.25, -0.2) is 0 Å². The van der Waals surface area contributed by atoms with Gasteiger partial charge in [0, 0.05) is 18.7 Å². The molecule has 3 N–H and O–H groups in total. The summed E-state index contributed by atoms with van der Waals surface area (Å²) in [6, 6.07) is 7.70. The van der Waals surface area contributed by atoms with Crippen molar-refractivity contribution in [2.45, 2.75) is 39.0 Å². The van der Waals surface area contributed by atoms with E-state index in [1.807, 2.05) is 24.3 Å². The minimum atomic E-state index is 0.128. The number of aryl methyl sites for hydroxylation is 1. The highest BCUT2D eigenvalue weighted by molar-refractivity contribution is 5.76. The maximum Gasteiger partial charge on any atom is 0.220 e. The zero-order valence-electron chi connectivity index (χ0n) is 10.5. The Balaban J connectivity index is 2.19. The predicted octanol–water partition coefficient (Wildman–Crippen LogP) is 2.51. The van der Waals surface area contributed by atoms with Gasteiger partial charge in [-0.1, -0.05) is 31.9 Å². The van der Waals surface area contributed by atoms with E-state index in [1.54, 1.807) is 0 Å². The van der Waals surface area contributed by atoms with Gasteiger partial charge < -0.3 is 11.1 Å². The van der Waals surface area contributed by atoms with Gasteiger partial charge in [-0.05, 0) is 30.5 Å². The maximum absolute atomic E-state index is 11.5. The number of anilines is 1. The lowest BCUT2D eigenvalue weighted by Gasteiger charge is -2.05. The van der Waals surface area contributed by atoms with Crippen LogP contribution in [0.3, 0.4) is 0 Å². The van der Waals surface area contributed by atoms with E-state index in [1.165, 1.54) is 12.8 Å². The standard InChI is InChI=1S/C14H22N2O/c1-2-3-4-10-16-14(17)9-8-12-6-5-7-13(15)11-12/h5-7,11H,2-4,8-10,15H2,1H3,(H,16,17). The average Bonchev–Trinajstić information content (AvgIpc) is 2.32. The molecule has 0 fully saturated rings. The minimum absolute atomic E-state index is 0.128. The van der Waals surface area contributed by atoms with Crippen LogP contribution >= 0.6 is 0 Å². The van der Waals surface area contributed by atoms with Gasteiger partial charge >= 0.3 is 0 Å². The van der Waals surface area contributed by atoms with Gasteiger partial charge in [0.25, 0.3) is 0 Å². The fourth-order valence-electron chi connectivity index (χ4n) is 1.70. The molecule has 0 spiro atoms. The molecule has 0 aliphatic rings. The van der Waals surface area contributed by atoms with Crippen molar-refractivity contribution in [1.29, 1.82) is 0 Å². The Morgan fingerprint density at radius 2 is 2.18 bits per heavy atom. The van der Waals surface area contributed by atoms with Crippen LogP contribution in [0.25, 0.3) is 0 Å². The molecule has 1 aromatic carbocycles. The second-order valence-electron chi connectivity index (χ2n) is 4.30. The van der Waals surface area contributed by atoms with Crippen LogP contribution in [-0.4, -0.2) is 12.5 Å². The number of carbonyl (C=O) groups is 1. The smallest absolute Gasteiger partial charge is 0.220 e. The van der Waals surface area contributed by atoms with Crippen LogP contribution in [0.1, 0.15) is 38.2 Å². The van der Waals surface area contributed by atoms with E-state index in [4.69, 9.17) is 5.73 Å². The Hall–Kier alpha value is -1.51. The summed E-state index contributed by atoms with van der Waals surface area (Å²) in [6.45, 7) is 2.95. The number of benzene rings is 1. The summed E-state index contributed by atoms with van der Waals surface area (Å²) in [7, 11) is 0. The lowest BCUT2D eigenvalue weighted by atomic mass is 10.1. The Labute approximate surface area is 103 Å². The molecule has 0 bridgehead atoms. The molecule has 0 aromatic heterocycles. The first-order valence-electron chi connectivity index (χ1n) is 6.33. The van der Waals surface area contributed by atoms with Gasteiger partial charge in [-0.3, -0.25) is 4.79 Å². The van der Waals surface area contributed by atoms with Crippen molar-refractivity contribution in [1.82, 2.24) is 5.32 Å². The Morgan fingerprint density at radius 1 is 1.35 bits per heavy atom. The molecule has 17 heavy (non-hydrogen) atoms. The molecule has 0 heterocycles. The summed E-state index contributed by atoms with van der Waals surface area (Å²) >= 11 is 0. The average molecular weight is 234 g/mol. The molecule has 0 aliphatic carbocycles. The number of hydrogen-bond acceptors (Lipinski definition) is 2. The van der Waals surface area contributed by atoms with E-state index < -0.39 is 0 Å². The summed E-state index contributed by atoms with van der Waals surface area (Å²) in [5.41, 5.74) is 7.55. The third kappa shape index (κ3) is 5.95. The van der Waals surface area contributed by atoms with Crippen LogP contribution in [0.2, 0.25) is 0 Å².